The van der Waals surface area contributed by atoms with Crippen molar-refractivity contribution in [2.45, 2.75) is 76.3 Å². The lowest BCUT2D eigenvalue weighted by Crippen LogP contribution is -2.62. The van der Waals surface area contributed by atoms with Crippen molar-refractivity contribution < 1.29 is 53.8 Å². The van der Waals surface area contributed by atoms with Gasteiger partial charge >= 0.3 is 12.1 Å². The Bertz CT molecular complexity index is 883. The molecule has 2 amide bonds. The summed E-state index contributed by atoms with van der Waals surface area (Å²) < 4.78 is 20.9. The number of carbonyl (C=O) groups excluding carboxylic acids is 3. The smallest absolute Gasteiger partial charge is 0.408 e. The molecule has 13 heteroatoms. The van der Waals surface area contributed by atoms with Gasteiger partial charge in [-0.2, -0.15) is 0 Å². The normalized spacial score (nSPS) is 26.0. The number of hydrogen-bond acceptors (Lipinski definition) is 11. The molecule has 0 bridgehead atoms. The number of ether oxygens (including phenoxy) is 4. The first-order valence-corrected chi connectivity index (χ1v) is 11.8. The molecule has 8 atom stereocenters. The van der Waals surface area contributed by atoms with E-state index in [1.54, 1.807) is 44.2 Å². The zero-order valence-corrected chi connectivity index (χ0v) is 21.1. The molecule has 2 rings (SSSR count). The van der Waals surface area contributed by atoms with Crippen molar-refractivity contribution in [3.8, 4) is 0 Å². The van der Waals surface area contributed by atoms with Crippen LogP contribution in [0.2, 0.25) is 0 Å². The summed E-state index contributed by atoms with van der Waals surface area (Å²) in [6, 6.07) is 6.32. The molecule has 1 aliphatic heterocycles. The number of aliphatic hydroxyl groups excluding tert-OH is 4. The van der Waals surface area contributed by atoms with E-state index in [4.69, 9.17) is 18.9 Å². The molecule has 13 nitrogen and oxygen atoms in total. The average Bonchev–Trinajstić information content (AvgIpc) is 2.89. The minimum absolute atomic E-state index is 0.0836. The predicted molar refractivity (Wildman–Crippen MR) is 127 cm³/mol. The number of rotatable bonds is 11. The summed E-state index contributed by atoms with van der Waals surface area (Å²) in [5.41, 5.74) is 0.704. The third kappa shape index (κ3) is 8.35. The number of alkyl carbamates (subject to hydrolysis) is 1. The molecule has 0 unspecified atom stereocenters. The van der Waals surface area contributed by atoms with E-state index in [1.807, 2.05) is 0 Å². The molecule has 0 saturated carbocycles. The molecular formula is C24H36N2O11. The molecule has 0 aliphatic carbocycles. The number of aliphatic hydroxyl groups is 4. The first kappa shape index (κ1) is 30.4. The summed E-state index contributed by atoms with van der Waals surface area (Å²) >= 11 is 0. The number of carbonyl (C=O) groups is 3. The van der Waals surface area contributed by atoms with Gasteiger partial charge in [-0.15, -0.1) is 0 Å². The average molecular weight is 529 g/mol. The number of amides is 2. The molecule has 1 saturated heterocycles. The first-order valence-electron chi connectivity index (χ1n) is 11.8. The van der Waals surface area contributed by atoms with E-state index < -0.39 is 73.5 Å². The molecule has 37 heavy (non-hydrogen) atoms. The fourth-order valence-corrected chi connectivity index (χ4v) is 3.63. The largest absolute Gasteiger partial charge is 0.467 e. The fraction of sp³-hybridized carbons (Fsp3) is 0.625. The van der Waals surface area contributed by atoms with Crippen LogP contribution >= 0.6 is 0 Å². The number of hydrogen-bond donors (Lipinski definition) is 6. The SMILES string of the molecule is COC(=O)[C@@H](NC(=O)[C@@H](NC(=O)OCc1ccccc1)[C@@H](C)O[C@H]1O[C@H](CO)[C@@H](O)[C@H](O)[C@@H]1O)C(C)C. The van der Waals surface area contributed by atoms with Crippen molar-refractivity contribution in [3.05, 3.63) is 35.9 Å². The molecule has 6 N–H and O–H groups in total. The van der Waals surface area contributed by atoms with Crippen molar-refractivity contribution in [2.24, 2.45) is 5.92 Å². The van der Waals surface area contributed by atoms with Crippen molar-refractivity contribution in [1.82, 2.24) is 10.6 Å². The highest BCUT2D eigenvalue weighted by Gasteiger charge is 2.45. The standard InChI is InChI=1S/C24H36N2O11/c1-12(2)16(22(32)34-4)25-21(31)17(26-24(33)35-11-14-8-6-5-7-9-14)13(3)36-23-20(30)19(29)18(28)15(10-27)37-23/h5-9,12-13,15-20,23,27-30H,10-11H2,1-4H3,(H,25,31)(H,26,33)/t13-,15-,16+,17+,18-,19+,20+,23+/m1/s1. The molecule has 1 fully saturated rings. The second-order valence-electron chi connectivity index (χ2n) is 8.98. The second kappa shape index (κ2) is 14.2. The molecule has 0 aromatic heterocycles. The monoisotopic (exact) mass is 528 g/mol. The third-order valence-corrected chi connectivity index (χ3v) is 5.85. The molecule has 0 radical (unpaired) electrons. The number of methoxy groups -OCH3 is 1. The van der Waals surface area contributed by atoms with Crippen molar-refractivity contribution in [1.29, 1.82) is 0 Å². The van der Waals surface area contributed by atoms with Crippen LogP contribution in [-0.2, 0) is 35.1 Å². The Hall–Kier alpha value is -2.81. The van der Waals surface area contributed by atoms with Crippen LogP contribution in [-0.4, -0.2) is 101 Å². The third-order valence-electron chi connectivity index (χ3n) is 5.85. The Morgan fingerprint density at radius 3 is 2.19 bits per heavy atom. The van der Waals surface area contributed by atoms with E-state index in [-0.39, 0.29) is 12.5 Å². The maximum absolute atomic E-state index is 13.2. The Balaban J connectivity index is 2.19. The predicted octanol–water partition coefficient (Wildman–Crippen LogP) is -1.20. The Morgan fingerprint density at radius 2 is 1.62 bits per heavy atom. The van der Waals surface area contributed by atoms with Gasteiger partial charge in [0.25, 0.3) is 0 Å². The van der Waals surface area contributed by atoms with Gasteiger partial charge in [0, 0.05) is 0 Å². The van der Waals surface area contributed by atoms with Gasteiger partial charge in [-0.05, 0) is 18.4 Å². The van der Waals surface area contributed by atoms with E-state index >= 15 is 0 Å². The lowest BCUT2D eigenvalue weighted by molar-refractivity contribution is -0.311. The molecule has 1 aromatic carbocycles. The topological polar surface area (TPSA) is 193 Å². The summed E-state index contributed by atoms with van der Waals surface area (Å²) in [5.74, 6) is -1.88. The van der Waals surface area contributed by atoms with E-state index in [0.29, 0.717) is 5.56 Å². The summed E-state index contributed by atoms with van der Waals surface area (Å²) in [6.07, 6.45) is -10.0. The van der Waals surface area contributed by atoms with Crippen LogP contribution < -0.4 is 10.6 Å². The summed E-state index contributed by atoms with van der Waals surface area (Å²) in [5, 5.41) is 44.6. The molecule has 0 spiro atoms. The zero-order chi connectivity index (χ0) is 27.7. The van der Waals surface area contributed by atoms with Crippen LogP contribution in [0, 0.1) is 5.92 Å². The van der Waals surface area contributed by atoms with E-state index in [2.05, 4.69) is 10.6 Å². The lowest BCUT2D eigenvalue weighted by atomic mass is 9.99. The van der Waals surface area contributed by atoms with E-state index in [9.17, 15) is 34.8 Å². The van der Waals surface area contributed by atoms with Crippen LogP contribution in [0.1, 0.15) is 26.3 Å². The Morgan fingerprint density at radius 1 is 0.973 bits per heavy atom. The molecular weight excluding hydrogens is 492 g/mol. The van der Waals surface area contributed by atoms with Gasteiger partial charge in [-0.3, -0.25) is 4.79 Å². The van der Waals surface area contributed by atoms with Gasteiger partial charge in [0.1, 0.15) is 43.1 Å². The quantitative estimate of drug-likeness (QED) is 0.189. The van der Waals surface area contributed by atoms with Crippen LogP contribution in [0.3, 0.4) is 0 Å². The van der Waals surface area contributed by atoms with Gasteiger partial charge in [-0.25, -0.2) is 9.59 Å². The van der Waals surface area contributed by atoms with Crippen LogP contribution in [0.25, 0.3) is 0 Å². The highest BCUT2D eigenvalue weighted by atomic mass is 16.7. The first-order chi connectivity index (χ1) is 17.5. The number of nitrogens with one attached hydrogen (secondary N) is 2. The van der Waals surface area contributed by atoms with Gasteiger partial charge in [-0.1, -0.05) is 44.2 Å². The highest BCUT2D eigenvalue weighted by Crippen LogP contribution is 2.23. The Labute approximate surface area is 214 Å². The van der Waals surface area contributed by atoms with Gasteiger partial charge in [0.15, 0.2) is 6.29 Å². The van der Waals surface area contributed by atoms with Crippen LogP contribution in [0.15, 0.2) is 30.3 Å². The van der Waals surface area contributed by atoms with Crippen molar-refractivity contribution in [2.75, 3.05) is 13.7 Å². The minimum atomic E-state index is -1.73. The second-order valence-corrected chi connectivity index (χ2v) is 8.98. The highest BCUT2D eigenvalue weighted by molar-refractivity contribution is 5.90. The van der Waals surface area contributed by atoms with Gasteiger partial charge < -0.3 is 50.0 Å². The summed E-state index contributed by atoms with van der Waals surface area (Å²) in [7, 11) is 1.17. The fourth-order valence-electron chi connectivity index (χ4n) is 3.63. The molecule has 1 aromatic rings. The summed E-state index contributed by atoms with van der Waals surface area (Å²) in [6.45, 7) is 3.99. The Kier molecular flexibility index (Phi) is 11.7. The van der Waals surface area contributed by atoms with Crippen molar-refractivity contribution in [3.63, 3.8) is 0 Å². The maximum Gasteiger partial charge on any atom is 0.408 e. The molecule has 1 heterocycles. The number of esters is 1. The van der Waals surface area contributed by atoms with Crippen LogP contribution in [0.4, 0.5) is 4.79 Å². The summed E-state index contributed by atoms with van der Waals surface area (Å²) in [4.78, 5) is 37.9. The van der Waals surface area contributed by atoms with Crippen LogP contribution in [0.5, 0.6) is 0 Å². The zero-order valence-electron chi connectivity index (χ0n) is 21.1. The van der Waals surface area contributed by atoms with Gasteiger partial charge in [0.2, 0.25) is 5.91 Å². The van der Waals surface area contributed by atoms with Gasteiger partial charge in [0.05, 0.1) is 19.8 Å². The maximum atomic E-state index is 13.2. The molecule has 208 valence electrons. The minimum Gasteiger partial charge on any atom is -0.467 e. The van der Waals surface area contributed by atoms with E-state index in [0.717, 1.165) is 0 Å². The lowest BCUT2D eigenvalue weighted by Gasteiger charge is -2.41. The van der Waals surface area contributed by atoms with E-state index in [1.165, 1.54) is 14.0 Å². The number of benzene rings is 1. The van der Waals surface area contributed by atoms with Crippen molar-refractivity contribution >= 4 is 18.0 Å². The molecule has 1 aliphatic rings.